The minimum Gasteiger partial charge on any atom is -0.481 e. The van der Waals surface area contributed by atoms with Crippen molar-refractivity contribution >= 4 is 23.5 Å². The Balaban J connectivity index is 1.77. The van der Waals surface area contributed by atoms with Crippen molar-refractivity contribution in [3.8, 4) is 11.1 Å². The number of aliphatic carboxylic acids is 1. The number of oxazole rings is 1. The van der Waals surface area contributed by atoms with Crippen LogP contribution in [-0.4, -0.2) is 28.0 Å². The number of rotatable bonds is 9. The second kappa shape index (κ2) is 10.4. The van der Waals surface area contributed by atoms with Gasteiger partial charge in [0.2, 0.25) is 5.76 Å². The largest absolute Gasteiger partial charge is 0.481 e. The molecule has 1 heterocycles. The van der Waals surface area contributed by atoms with E-state index in [1.54, 1.807) is 25.1 Å². The van der Waals surface area contributed by atoms with E-state index in [-0.39, 0.29) is 18.0 Å². The first kappa shape index (κ1) is 23.5. The van der Waals surface area contributed by atoms with Crippen LogP contribution in [0.1, 0.15) is 42.3 Å². The molecule has 0 saturated carbocycles. The van der Waals surface area contributed by atoms with E-state index < -0.39 is 23.8 Å². The number of carbonyl (C=O) groups excluding carboxylic acids is 1. The van der Waals surface area contributed by atoms with Crippen molar-refractivity contribution in [1.82, 2.24) is 10.3 Å². The molecule has 3 rings (SSSR count). The molecule has 0 aliphatic carbocycles. The van der Waals surface area contributed by atoms with Gasteiger partial charge >= 0.3 is 5.97 Å². The number of halogens is 2. The fraction of sp³-hybridized carbons (Fsp3) is 0.292. The van der Waals surface area contributed by atoms with Crippen LogP contribution >= 0.6 is 11.6 Å². The van der Waals surface area contributed by atoms with E-state index in [1.165, 1.54) is 18.3 Å². The molecular weight excluding hydrogens is 435 g/mol. The molecule has 32 heavy (non-hydrogen) atoms. The number of carboxylic acids is 1. The lowest BCUT2D eigenvalue weighted by atomic mass is 9.94. The fourth-order valence-electron chi connectivity index (χ4n) is 3.38. The van der Waals surface area contributed by atoms with Gasteiger partial charge in [-0.2, -0.15) is 0 Å². The second-order valence-electron chi connectivity index (χ2n) is 7.64. The molecular formula is C24H24ClFN2O4. The highest BCUT2D eigenvalue weighted by Gasteiger charge is 2.22. The molecule has 2 aromatic carbocycles. The van der Waals surface area contributed by atoms with Crippen molar-refractivity contribution in [3.63, 3.8) is 0 Å². The van der Waals surface area contributed by atoms with Gasteiger partial charge in [0, 0.05) is 23.0 Å². The normalized spacial score (nSPS) is 12.9. The van der Waals surface area contributed by atoms with Crippen LogP contribution in [0.25, 0.3) is 11.1 Å². The Hall–Kier alpha value is -3.19. The Labute approximate surface area is 190 Å². The van der Waals surface area contributed by atoms with Crippen LogP contribution in [0.2, 0.25) is 5.02 Å². The van der Waals surface area contributed by atoms with E-state index in [9.17, 15) is 19.1 Å². The van der Waals surface area contributed by atoms with E-state index in [4.69, 9.17) is 16.0 Å². The highest BCUT2D eigenvalue weighted by Crippen LogP contribution is 2.26. The Bertz CT molecular complexity index is 1100. The molecule has 6 nitrogen and oxygen atoms in total. The summed E-state index contributed by atoms with van der Waals surface area (Å²) in [7, 11) is 0. The quantitative estimate of drug-likeness (QED) is 0.462. The molecule has 2 N–H and O–H groups in total. The van der Waals surface area contributed by atoms with Gasteiger partial charge in [-0.15, -0.1) is 0 Å². The van der Waals surface area contributed by atoms with Crippen molar-refractivity contribution < 1.29 is 23.5 Å². The Kier molecular flexibility index (Phi) is 7.64. The topological polar surface area (TPSA) is 92.4 Å². The second-order valence-corrected chi connectivity index (χ2v) is 8.08. The number of nitrogens with zero attached hydrogens (tertiary/aromatic N) is 1. The predicted molar refractivity (Wildman–Crippen MR) is 119 cm³/mol. The van der Waals surface area contributed by atoms with Crippen LogP contribution in [0.4, 0.5) is 4.39 Å². The summed E-state index contributed by atoms with van der Waals surface area (Å²) >= 11 is 5.98. The number of carbonyl (C=O) groups is 2. The maximum absolute atomic E-state index is 14.1. The minimum absolute atomic E-state index is 0.0848. The van der Waals surface area contributed by atoms with Crippen LogP contribution in [-0.2, 0) is 17.6 Å². The maximum atomic E-state index is 14.1. The van der Waals surface area contributed by atoms with Gasteiger partial charge in [0.15, 0.2) is 5.89 Å². The first-order valence-corrected chi connectivity index (χ1v) is 10.7. The average molecular weight is 459 g/mol. The smallest absolute Gasteiger partial charge is 0.306 e. The molecule has 2 atom stereocenters. The number of aryl methyl sites for hydroxylation is 1. The fourth-order valence-corrected chi connectivity index (χ4v) is 3.55. The maximum Gasteiger partial charge on any atom is 0.306 e. The molecule has 0 fully saturated rings. The van der Waals surface area contributed by atoms with Crippen molar-refractivity contribution in [1.29, 1.82) is 0 Å². The summed E-state index contributed by atoms with van der Waals surface area (Å²) in [5.41, 5.74) is 1.93. The van der Waals surface area contributed by atoms with E-state index in [0.29, 0.717) is 34.9 Å². The number of hydrogen-bond acceptors (Lipinski definition) is 4. The molecule has 0 unspecified atom stereocenters. The van der Waals surface area contributed by atoms with Crippen molar-refractivity contribution in [2.24, 2.45) is 5.92 Å². The van der Waals surface area contributed by atoms with Crippen LogP contribution in [0.3, 0.4) is 0 Å². The zero-order valence-corrected chi connectivity index (χ0v) is 18.5. The number of benzene rings is 2. The van der Waals surface area contributed by atoms with Gasteiger partial charge in [0.05, 0.1) is 12.1 Å². The van der Waals surface area contributed by atoms with Crippen LogP contribution in [0, 0.1) is 11.7 Å². The monoisotopic (exact) mass is 458 g/mol. The molecule has 1 amide bonds. The SMILES string of the molecule is CCc1ncc(C(=O)N[C@H](Cc2ccc(-c3cc(Cl)ccc3F)cc2)C[C@H](C)C(=O)O)o1. The Morgan fingerprint density at radius 2 is 1.94 bits per heavy atom. The number of aromatic nitrogens is 1. The van der Waals surface area contributed by atoms with E-state index in [0.717, 1.165) is 5.56 Å². The molecule has 8 heteroatoms. The van der Waals surface area contributed by atoms with Crippen LogP contribution in [0.15, 0.2) is 53.1 Å². The van der Waals surface area contributed by atoms with E-state index in [2.05, 4.69) is 10.3 Å². The lowest BCUT2D eigenvalue weighted by Gasteiger charge is -2.20. The lowest BCUT2D eigenvalue weighted by Crippen LogP contribution is -2.38. The van der Waals surface area contributed by atoms with Gasteiger partial charge in [-0.05, 0) is 42.2 Å². The predicted octanol–water partition coefficient (Wildman–Crippen LogP) is 5.15. The Morgan fingerprint density at radius 1 is 1.22 bits per heavy atom. The average Bonchev–Trinajstić information content (AvgIpc) is 3.25. The number of hydrogen-bond donors (Lipinski definition) is 2. The van der Waals surface area contributed by atoms with Gasteiger partial charge in [0.1, 0.15) is 5.82 Å². The summed E-state index contributed by atoms with van der Waals surface area (Å²) in [6, 6.07) is 11.1. The summed E-state index contributed by atoms with van der Waals surface area (Å²) in [5.74, 6) is -1.88. The number of nitrogens with one attached hydrogen (secondary N) is 1. The molecule has 0 saturated heterocycles. The third-order valence-corrected chi connectivity index (χ3v) is 5.39. The number of carboxylic acid groups (broad SMARTS) is 1. The van der Waals surface area contributed by atoms with Crippen molar-refractivity contribution in [3.05, 3.63) is 76.7 Å². The third-order valence-electron chi connectivity index (χ3n) is 5.15. The van der Waals surface area contributed by atoms with Crippen molar-refractivity contribution in [2.45, 2.75) is 39.2 Å². The highest BCUT2D eigenvalue weighted by molar-refractivity contribution is 6.30. The molecule has 0 aliphatic heterocycles. The standard InChI is InChI=1S/C24H24ClFN2O4/c1-3-22-27-13-21(32-22)23(29)28-18(10-14(2)24(30)31)11-15-4-6-16(7-5-15)19-12-17(25)8-9-20(19)26/h4-9,12-14,18H,3,10-11H2,1-2H3,(H,28,29)(H,30,31)/t14-,18-/m0/s1. The van der Waals surface area contributed by atoms with Crippen LogP contribution < -0.4 is 5.32 Å². The summed E-state index contributed by atoms with van der Waals surface area (Å²) < 4.78 is 19.5. The van der Waals surface area contributed by atoms with Gasteiger partial charge in [-0.1, -0.05) is 49.7 Å². The molecule has 0 bridgehead atoms. The first-order valence-electron chi connectivity index (χ1n) is 10.3. The molecule has 1 aromatic heterocycles. The summed E-state index contributed by atoms with van der Waals surface area (Å²) in [4.78, 5) is 28.0. The van der Waals surface area contributed by atoms with Gasteiger partial charge in [-0.25, -0.2) is 9.37 Å². The summed E-state index contributed by atoms with van der Waals surface area (Å²) in [6.45, 7) is 3.46. The lowest BCUT2D eigenvalue weighted by molar-refractivity contribution is -0.141. The zero-order valence-electron chi connectivity index (χ0n) is 17.8. The molecule has 0 radical (unpaired) electrons. The van der Waals surface area contributed by atoms with E-state index in [1.807, 2.05) is 19.1 Å². The highest BCUT2D eigenvalue weighted by atomic mass is 35.5. The summed E-state index contributed by atoms with van der Waals surface area (Å²) in [5, 5.41) is 12.6. The molecule has 0 spiro atoms. The van der Waals surface area contributed by atoms with Gasteiger partial charge < -0.3 is 14.8 Å². The molecule has 0 aliphatic rings. The van der Waals surface area contributed by atoms with Gasteiger partial charge in [0.25, 0.3) is 5.91 Å². The molecule has 168 valence electrons. The minimum atomic E-state index is -0.941. The number of amides is 1. The first-order chi connectivity index (χ1) is 15.3. The molecule has 3 aromatic rings. The third kappa shape index (κ3) is 5.95. The Morgan fingerprint density at radius 3 is 2.56 bits per heavy atom. The zero-order chi connectivity index (χ0) is 23.3. The summed E-state index contributed by atoms with van der Waals surface area (Å²) in [6.07, 6.45) is 2.56. The van der Waals surface area contributed by atoms with E-state index >= 15 is 0 Å². The van der Waals surface area contributed by atoms with Crippen molar-refractivity contribution in [2.75, 3.05) is 0 Å². The van der Waals surface area contributed by atoms with Crippen LogP contribution in [0.5, 0.6) is 0 Å². The van der Waals surface area contributed by atoms with Gasteiger partial charge in [-0.3, -0.25) is 9.59 Å².